The minimum atomic E-state index is -1.00. The van der Waals surface area contributed by atoms with E-state index in [1.807, 2.05) is 0 Å². The van der Waals surface area contributed by atoms with E-state index in [1.165, 1.54) is 0 Å². The van der Waals surface area contributed by atoms with Crippen molar-refractivity contribution in [2.75, 3.05) is 39.6 Å². The Morgan fingerprint density at radius 3 is 1.57 bits per heavy atom. The summed E-state index contributed by atoms with van der Waals surface area (Å²) in [6.45, 7) is 8.15. The fraction of sp³-hybridized carbons (Fsp3) is 1.00. The molecule has 3 aliphatic heterocycles. The molecule has 0 aromatic carbocycles. The molecule has 6 nitrogen and oxygen atoms in total. The van der Waals surface area contributed by atoms with Gasteiger partial charge in [0, 0.05) is 6.42 Å². The van der Waals surface area contributed by atoms with Gasteiger partial charge in [-0.25, -0.2) is 0 Å². The van der Waals surface area contributed by atoms with Crippen LogP contribution in [0.15, 0.2) is 0 Å². The molecule has 3 saturated heterocycles. The lowest BCUT2D eigenvalue weighted by Gasteiger charge is -2.34. The quantitative estimate of drug-likeness (QED) is 0.400. The molecule has 0 spiro atoms. The Morgan fingerprint density at radius 1 is 0.905 bits per heavy atom. The number of epoxide rings is 3. The van der Waals surface area contributed by atoms with Crippen molar-refractivity contribution in [2.45, 2.75) is 51.0 Å². The van der Waals surface area contributed by atoms with Crippen LogP contribution in [0, 0.1) is 5.92 Å². The molecule has 0 bridgehead atoms. The molecule has 0 N–H and O–H groups in total. The van der Waals surface area contributed by atoms with Crippen LogP contribution in [-0.4, -0.2) is 63.9 Å². The van der Waals surface area contributed by atoms with Gasteiger partial charge in [0.2, 0.25) is 0 Å². The van der Waals surface area contributed by atoms with E-state index in [0.29, 0.717) is 32.2 Å². The molecule has 3 heterocycles. The van der Waals surface area contributed by atoms with Crippen molar-refractivity contribution in [1.29, 1.82) is 0 Å². The van der Waals surface area contributed by atoms with Crippen LogP contribution in [0.5, 0.6) is 0 Å². The highest BCUT2D eigenvalue weighted by atomic mass is 16.9. The molecule has 0 saturated carbocycles. The molecule has 0 aromatic heterocycles. The van der Waals surface area contributed by atoms with Crippen LogP contribution in [0.25, 0.3) is 0 Å². The third-order valence-electron chi connectivity index (χ3n) is 3.97. The van der Waals surface area contributed by atoms with Crippen LogP contribution in [0.4, 0.5) is 0 Å². The van der Waals surface area contributed by atoms with E-state index in [2.05, 4.69) is 13.8 Å². The second-order valence-corrected chi connectivity index (χ2v) is 6.20. The van der Waals surface area contributed by atoms with Gasteiger partial charge in [-0.15, -0.1) is 0 Å². The standard InChI is InChI=1S/C15H26O6/c1-3-11(2)4-15(19-8-12-5-16-12,20-9-13-6-17-13)21-10-14-7-18-14/h11-14H,3-10H2,1-2H3. The molecule has 0 aliphatic carbocycles. The van der Waals surface area contributed by atoms with E-state index >= 15 is 0 Å². The lowest BCUT2D eigenvalue weighted by molar-refractivity contribution is -0.389. The van der Waals surface area contributed by atoms with Gasteiger partial charge in [0.1, 0.15) is 18.3 Å². The first kappa shape index (κ1) is 15.6. The Hall–Kier alpha value is -0.240. The number of hydrogen-bond acceptors (Lipinski definition) is 6. The van der Waals surface area contributed by atoms with Crippen molar-refractivity contribution in [3.8, 4) is 0 Å². The molecule has 0 radical (unpaired) electrons. The van der Waals surface area contributed by atoms with Gasteiger partial charge >= 0.3 is 0 Å². The van der Waals surface area contributed by atoms with E-state index in [9.17, 15) is 0 Å². The van der Waals surface area contributed by atoms with Crippen molar-refractivity contribution >= 4 is 0 Å². The topological polar surface area (TPSA) is 65.3 Å². The summed E-state index contributed by atoms with van der Waals surface area (Å²) in [5.74, 6) is -0.551. The van der Waals surface area contributed by atoms with Gasteiger partial charge in [-0.2, -0.15) is 0 Å². The van der Waals surface area contributed by atoms with Gasteiger partial charge in [-0.05, 0) is 5.92 Å². The van der Waals surface area contributed by atoms with Gasteiger partial charge in [-0.3, -0.25) is 0 Å². The largest absolute Gasteiger partial charge is 0.371 e. The Kier molecular flexibility index (Phi) is 5.14. The monoisotopic (exact) mass is 302 g/mol. The first-order valence-corrected chi connectivity index (χ1v) is 7.96. The summed E-state index contributed by atoms with van der Waals surface area (Å²) in [6, 6.07) is 0. The van der Waals surface area contributed by atoms with Crippen LogP contribution >= 0.6 is 0 Å². The van der Waals surface area contributed by atoms with E-state index in [-0.39, 0.29) is 18.3 Å². The van der Waals surface area contributed by atoms with Gasteiger partial charge in [0.15, 0.2) is 0 Å². The minimum Gasteiger partial charge on any atom is -0.371 e. The highest BCUT2D eigenvalue weighted by Crippen LogP contribution is 2.30. The molecule has 3 aliphatic rings. The van der Waals surface area contributed by atoms with Crippen LogP contribution in [0.3, 0.4) is 0 Å². The zero-order chi connectivity index (χ0) is 14.7. The second kappa shape index (κ2) is 6.89. The zero-order valence-electron chi connectivity index (χ0n) is 12.9. The molecule has 3 fully saturated rings. The SMILES string of the molecule is CCC(C)CC(OCC1CO1)(OCC1CO1)OCC1CO1. The third-order valence-corrected chi connectivity index (χ3v) is 3.97. The molecule has 0 amide bonds. The van der Waals surface area contributed by atoms with E-state index in [1.54, 1.807) is 0 Å². The molecular weight excluding hydrogens is 276 g/mol. The van der Waals surface area contributed by atoms with Crippen LogP contribution in [0.1, 0.15) is 26.7 Å². The first-order chi connectivity index (χ1) is 10.2. The first-order valence-electron chi connectivity index (χ1n) is 7.96. The van der Waals surface area contributed by atoms with Gasteiger partial charge in [0.05, 0.1) is 39.6 Å². The Balaban J connectivity index is 1.58. The normalized spacial score (nSPS) is 34.3. The average molecular weight is 302 g/mol. The molecule has 122 valence electrons. The van der Waals surface area contributed by atoms with E-state index < -0.39 is 5.97 Å². The van der Waals surface area contributed by atoms with Crippen molar-refractivity contribution in [1.82, 2.24) is 0 Å². The summed E-state index contributed by atoms with van der Waals surface area (Å²) >= 11 is 0. The molecule has 0 aromatic rings. The fourth-order valence-corrected chi connectivity index (χ4v) is 2.03. The maximum atomic E-state index is 6.00. The second-order valence-electron chi connectivity index (χ2n) is 6.20. The van der Waals surface area contributed by atoms with Crippen LogP contribution in [0.2, 0.25) is 0 Å². The maximum Gasteiger partial charge on any atom is 0.283 e. The highest BCUT2D eigenvalue weighted by molar-refractivity contribution is 4.75. The van der Waals surface area contributed by atoms with Crippen molar-refractivity contribution in [2.24, 2.45) is 5.92 Å². The van der Waals surface area contributed by atoms with E-state index in [0.717, 1.165) is 26.2 Å². The third kappa shape index (κ3) is 5.47. The lowest BCUT2D eigenvalue weighted by atomic mass is 10.0. The van der Waals surface area contributed by atoms with Crippen LogP contribution in [-0.2, 0) is 28.4 Å². The number of ether oxygens (including phenoxy) is 6. The highest BCUT2D eigenvalue weighted by Gasteiger charge is 2.41. The summed E-state index contributed by atoms with van der Waals surface area (Å²) in [5, 5.41) is 0. The van der Waals surface area contributed by atoms with Gasteiger partial charge in [0.25, 0.3) is 5.97 Å². The van der Waals surface area contributed by atoms with Crippen LogP contribution < -0.4 is 0 Å². The average Bonchev–Trinajstić information content (AvgIpc) is 3.35. The minimum absolute atomic E-state index is 0.183. The fourth-order valence-electron chi connectivity index (χ4n) is 2.03. The van der Waals surface area contributed by atoms with Crippen molar-refractivity contribution in [3.05, 3.63) is 0 Å². The van der Waals surface area contributed by atoms with Gasteiger partial charge < -0.3 is 28.4 Å². The Bertz CT molecular complexity index is 283. The van der Waals surface area contributed by atoms with Gasteiger partial charge in [-0.1, -0.05) is 20.3 Å². The zero-order valence-corrected chi connectivity index (χ0v) is 12.9. The molecule has 21 heavy (non-hydrogen) atoms. The predicted octanol–water partition coefficient (Wildman–Crippen LogP) is 1.32. The lowest BCUT2D eigenvalue weighted by Crippen LogP contribution is -2.43. The summed E-state index contributed by atoms with van der Waals surface area (Å²) < 4.78 is 33.7. The molecular formula is C15H26O6. The Labute approximate surface area is 126 Å². The number of rotatable bonds is 12. The molecule has 4 atom stereocenters. The smallest absolute Gasteiger partial charge is 0.283 e. The van der Waals surface area contributed by atoms with Crippen molar-refractivity contribution < 1.29 is 28.4 Å². The summed E-state index contributed by atoms with van der Waals surface area (Å²) in [7, 11) is 0. The summed E-state index contributed by atoms with van der Waals surface area (Å²) in [4.78, 5) is 0. The molecule has 4 unspecified atom stereocenters. The summed E-state index contributed by atoms with van der Waals surface area (Å²) in [6.07, 6.45) is 2.31. The number of hydrogen-bond donors (Lipinski definition) is 0. The van der Waals surface area contributed by atoms with E-state index in [4.69, 9.17) is 28.4 Å². The molecule has 6 heteroatoms. The summed E-state index contributed by atoms with van der Waals surface area (Å²) in [5.41, 5.74) is 0. The predicted molar refractivity (Wildman–Crippen MR) is 73.9 cm³/mol. The maximum absolute atomic E-state index is 6.00. The van der Waals surface area contributed by atoms with Crippen molar-refractivity contribution in [3.63, 3.8) is 0 Å². The molecule has 3 rings (SSSR count). The Morgan fingerprint density at radius 2 is 1.29 bits per heavy atom.